The van der Waals surface area contributed by atoms with Gasteiger partial charge in [-0.3, -0.25) is 4.79 Å². The maximum Gasteiger partial charge on any atom is 0.225 e. The Morgan fingerprint density at radius 2 is 1.94 bits per heavy atom. The number of fused-ring (bicyclic) bond motifs is 1. The van der Waals surface area contributed by atoms with Gasteiger partial charge in [0.25, 0.3) is 0 Å². The zero-order valence-electron chi connectivity index (χ0n) is 18.2. The molecule has 1 aliphatic carbocycles. The van der Waals surface area contributed by atoms with Crippen LogP contribution in [0.2, 0.25) is 0 Å². The molecule has 1 fully saturated rings. The van der Waals surface area contributed by atoms with E-state index in [1.165, 1.54) is 11.9 Å². The van der Waals surface area contributed by atoms with Gasteiger partial charge in [-0.25, -0.2) is 9.97 Å². The molecule has 3 aromatic rings. The standard InChI is InChI=1S/C23H29BrN6O3/c24-16-12-30(22-18(16)21(25)28-13-29-22)17-11-15(19(31)20(17)32)23(33)27-9-4-8-26-10-7-14-5-2-1-3-6-14/h1-3,5-6,12-13,15,17,19-20,26,31-32H,4,7-11H2,(H,27,33)(H2,25,28,29)/t15-,17+,19+,20-/m0/s1. The van der Waals surface area contributed by atoms with Crippen LogP contribution in [0.5, 0.6) is 0 Å². The smallest absolute Gasteiger partial charge is 0.225 e. The van der Waals surface area contributed by atoms with Gasteiger partial charge in [0.1, 0.15) is 23.9 Å². The van der Waals surface area contributed by atoms with E-state index in [-0.39, 0.29) is 5.91 Å². The fourth-order valence-electron chi connectivity index (χ4n) is 4.42. The van der Waals surface area contributed by atoms with Gasteiger partial charge in [-0.15, -0.1) is 0 Å². The Kier molecular flexibility index (Phi) is 7.59. The summed E-state index contributed by atoms with van der Waals surface area (Å²) in [5.74, 6) is -0.630. The maximum absolute atomic E-state index is 12.7. The zero-order valence-corrected chi connectivity index (χ0v) is 19.8. The van der Waals surface area contributed by atoms with Crippen molar-refractivity contribution >= 4 is 38.7 Å². The summed E-state index contributed by atoms with van der Waals surface area (Å²) in [7, 11) is 0. The summed E-state index contributed by atoms with van der Waals surface area (Å²) in [5, 5.41) is 28.2. The SMILES string of the molecule is Nc1ncnc2c1c(Br)cn2[C@@H]1C[C@H](C(=O)NCCCNCCc2ccccc2)[C@@H](O)[C@H]1O. The molecule has 0 unspecified atom stereocenters. The summed E-state index contributed by atoms with van der Waals surface area (Å²) in [6, 6.07) is 9.78. The van der Waals surface area contributed by atoms with Crippen LogP contribution in [-0.2, 0) is 11.2 Å². The molecule has 176 valence electrons. The third-order valence-corrected chi connectivity index (χ3v) is 6.80. The molecule has 4 rings (SSSR count). The van der Waals surface area contributed by atoms with Crippen molar-refractivity contribution in [1.82, 2.24) is 25.2 Å². The molecular weight excluding hydrogens is 488 g/mol. The van der Waals surface area contributed by atoms with Crippen LogP contribution in [0.15, 0.2) is 47.3 Å². The van der Waals surface area contributed by atoms with E-state index in [2.05, 4.69) is 48.7 Å². The monoisotopic (exact) mass is 516 g/mol. The Morgan fingerprint density at radius 1 is 1.15 bits per heavy atom. The zero-order chi connectivity index (χ0) is 23.4. The van der Waals surface area contributed by atoms with E-state index in [9.17, 15) is 15.0 Å². The lowest BCUT2D eigenvalue weighted by molar-refractivity contribution is -0.128. The minimum Gasteiger partial charge on any atom is -0.390 e. The van der Waals surface area contributed by atoms with Crippen molar-refractivity contribution in [2.75, 3.05) is 25.4 Å². The second kappa shape index (κ2) is 10.6. The first-order valence-corrected chi connectivity index (χ1v) is 11.9. The molecule has 2 aromatic heterocycles. The van der Waals surface area contributed by atoms with Gasteiger partial charge in [0.05, 0.1) is 23.4 Å². The van der Waals surface area contributed by atoms with Gasteiger partial charge in [0.2, 0.25) is 5.91 Å². The Balaban J connectivity index is 1.27. The first-order valence-electron chi connectivity index (χ1n) is 11.1. The summed E-state index contributed by atoms with van der Waals surface area (Å²) in [6.07, 6.45) is 2.90. The molecule has 10 heteroatoms. The minimum absolute atomic E-state index is 0.252. The molecule has 0 aliphatic heterocycles. The Morgan fingerprint density at radius 3 is 2.73 bits per heavy atom. The summed E-state index contributed by atoms with van der Waals surface area (Å²) in [4.78, 5) is 21.0. The number of nitrogens with zero attached hydrogens (tertiary/aromatic N) is 3. The van der Waals surface area contributed by atoms with Gasteiger partial charge in [0, 0.05) is 17.2 Å². The topological polar surface area (TPSA) is 138 Å². The predicted molar refractivity (Wildman–Crippen MR) is 129 cm³/mol. The molecule has 1 amide bonds. The number of halogens is 1. The van der Waals surface area contributed by atoms with Crippen LogP contribution in [-0.4, -0.2) is 62.5 Å². The maximum atomic E-state index is 12.7. The van der Waals surface area contributed by atoms with Crippen LogP contribution >= 0.6 is 15.9 Å². The molecule has 0 bridgehead atoms. The molecule has 0 radical (unpaired) electrons. The van der Waals surface area contributed by atoms with E-state index < -0.39 is 24.2 Å². The molecule has 1 aliphatic rings. The highest BCUT2D eigenvalue weighted by Crippen LogP contribution is 2.39. The van der Waals surface area contributed by atoms with Gasteiger partial charge in [-0.2, -0.15) is 0 Å². The molecular formula is C23H29BrN6O3. The first kappa shape index (κ1) is 23.6. The normalized spacial score (nSPS) is 22.6. The fraction of sp³-hybridized carbons (Fsp3) is 0.435. The number of aliphatic hydroxyl groups is 2. The molecule has 9 nitrogen and oxygen atoms in total. The van der Waals surface area contributed by atoms with Crippen LogP contribution < -0.4 is 16.4 Å². The van der Waals surface area contributed by atoms with Gasteiger partial charge < -0.3 is 31.1 Å². The Hall–Kier alpha value is -2.53. The van der Waals surface area contributed by atoms with Crippen molar-refractivity contribution in [2.24, 2.45) is 5.92 Å². The molecule has 2 heterocycles. The summed E-state index contributed by atoms with van der Waals surface area (Å²) >= 11 is 3.46. The number of hydrogen-bond donors (Lipinski definition) is 5. The number of aromatic nitrogens is 3. The number of nitrogen functional groups attached to an aromatic ring is 1. The van der Waals surface area contributed by atoms with Crippen LogP contribution in [0.1, 0.15) is 24.4 Å². The van der Waals surface area contributed by atoms with Crippen molar-refractivity contribution in [3.63, 3.8) is 0 Å². The number of carbonyl (C=O) groups is 1. The van der Waals surface area contributed by atoms with E-state index in [0.29, 0.717) is 34.3 Å². The summed E-state index contributed by atoms with van der Waals surface area (Å²) in [5.41, 5.74) is 7.80. The molecule has 1 aromatic carbocycles. The van der Waals surface area contributed by atoms with Crippen LogP contribution in [0.3, 0.4) is 0 Å². The van der Waals surface area contributed by atoms with Crippen LogP contribution in [0, 0.1) is 5.92 Å². The lowest BCUT2D eigenvalue weighted by Crippen LogP contribution is -2.39. The first-order chi connectivity index (χ1) is 16.0. The van der Waals surface area contributed by atoms with Gasteiger partial charge >= 0.3 is 0 Å². The summed E-state index contributed by atoms with van der Waals surface area (Å²) < 4.78 is 2.46. The van der Waals surface area contributed by atoms with Crippen molar-refractivity contribution in [2.45, 2.75) is 37.5 Å². The number of benzene rings is 1. The molecule has 0 saturated heterocycles. The fourth-order valence-corrected chi connectivity index (χ4v) is 5.02. The molecule has 33 heavy (non-hydrogen) atoms. The van der Waals surface area contributed by atoms with Crippen molar-refractivity contribution < 1.29 is 15.0 Å². The van der Waals surface area contributed by atoms with Gasteiger partial charge in [0.15, 0.2) is 0 Å². The number of carbonyl (C=O) groups excluding carboxylic acids is 1. The second-order valence-electron chi connectivity index (χ2n) is 8.36. The third kappa shape index (κ3) is 5.19. The summed E-state index contributed by atoms with van der Waals surface area (Å²) in [6.45, 7) is 2.17. The largest absolute Gasteiger partial charge is 0.390 e. The molecule has 6 N–H and O–H groups in total. The van der Waals surface area contributed by atoms with Crippen LogP contribution in [0.4, 0.5) is 5.82 Å². The van der Waals surface area contributed by atoms with Crippen molar-refractivity contribution in [3.05, 3.63) is 52.9 Å². The number of hydrogen-bond acceptors (Lipinski definition) is 7. The minimum atomic E-state index is -1.16. The van der Waals surface area contributed by atoms with Crippen LogP contribution in [0.25, 0.3) is 11.0 Å². The predicted octanol–water partition coefficient (Wildman–Crippen LogP) is 1.40. The highest BCUT2D eigenvalue weighted by Gasteiger charge is 2.46. The highest BCUT2D eigenvalue weighted by molar-refractivity contribution is 9.10. The lowest BCUT2D eigenvalue weighted by Gasteiger charge is -2.18. The van der Waals surface area contributed by atoms with E-state index in [4.69, 9.17) is 5.73 Å². The lowest BCUT2D eigenvalue weighted by atomic mass is 10.0. The van der Waals surface area contributed by atoms with E-state index >= 15 is 0 Å². The molecule has 1 saturated carbocycles. The average Bonchev–Trinajstić information content (AvgIpc) is 3.31. The quantitative estimate of drug-likeness (QED) is 0.271. The third-order valence-electron chi connectivity index (χ3n) is 6.20. The highest BCUT2D eigenvalue weighted by atomic mass is 79.9. The van der Waals surface area contributed by atoms with E-state index in [1.807, 2.05) is 18.2 Å². The van der Waals surface area contributed by atoms with Crippen molar-refractivity contribution in [3.8, 4) is 0 Å². The van der Waals surface area contributed by atoms with E-state index in [1.54, 1.807) is 10.8 Å². The Labute approximate surface area is 200 Å². The number of anilines is 1. The van der Waals surface area contributed by atoms with Gasteiger partial charge in [-0.05, 0) is 53.8 Å². The molecule has 0 spiro atoms. The van der Waals surface area contributed by atoms with Gasteiger partial charge in [-0.1, -0.05) is 30.3 Å². The number of amides is 1. The molecule has 4 atom stereocenters. The number of rotatable bonds is 9. The van der Waals surface area contributed by atoms with Crippen molar-refractivity contribution in [1.29, 1.82) is 0 Å². The number of aliphatic hydroxyl groups excluding tert-OH is 2. The second-order valence-corrected chi connectivity index (χ2v) is 9.22. The Bertz CT molecular complexity index is 1090. The number of nitrogens with one attached hydrogen (secondary N) is 2. The van der Waals surface area contributed by atoms with E-state index in [0.717, 1.165) is 25.9 Å². The number of nitrogens with two attached hydrogens (primary N) is 1. The average molecular weight is 517 g/mol.